The number of rotatable bonds is 3. The van der Waals surface area contributed by atoms with E-state index in [1.54, 1.807) is 11.3 Å². The Labute approximate surface area is 159 Å². The summed E-state index contributed by atoms with van der Waals surface area (Å²) in [7, 11) is 0. The number of nitrogens with one attached hydrogen (secondary N) is 1. The van der Waals surface area contributed by atoms with Crippen molar-refractivity contribution in [2.45, 2.75) is 71.3 Å². The van der Waals surface area contributed by atoms with Gasteiger partial charge in [-0.25, -0.2) is 4.79 Å². The van der Waals surface area contributed by atoms with Gasteiger partial charge in [-0.3, -0.25) is 0 Å². The third kappa shape index (κ3) is 4.17. The lowest BCUT2D eigenvalue weighted by Crippen LogP contribution is -2.44. The fourth-order valence-electron chi connectivity index (χ4n) is 3.82. The molecule has 0 bridgehead atoms. The Morgan fingerprint density at radius 1 is 1.28 bits per heavy atom. The van der Waals surface area contributed by atoms with Crippen LogP contribution in [0.5, 0.6) is 0 Å². The molecule has 0 spiro atoms. The molecule has 1 atom stereocenters. The van der Waals surface area contributed by atoms with Crippen molar-refractivity contribution in [3.8, 4) is 0 Å². The van der Waals surface area contributed by atoms with Crippen LogP contribution in [0.2, 0.25) is 0 Å². The highest BCUT2D eigenvalue weighted by Gasteiger charge is 2.28. The summed E-state index contributed by atoms with van der Waals surface area (Å²) in [5, 5.41) is 5.03. The first kappa shape index (κ1) is 18.6. The maximum absolute atomic E-state index is 12.6. The zero-order chi connectivity index (χ0) is 17.8. The molecule has 138 valence electrons. The molecule has 3 rings (SSSR count). The molecule has 0 aromatic carbocycles. The molecule has 1 aromatic rings. The first-order chi connectivity index (χ1) is 12.1. The Morgan fingerprint density at radius 3 is 2.84 bits per heavy atom. The lowest BCUT2D eigenvalue weighted by molar-refractivity contribution is 0.0527. The monoisotopic (exact) mass is 380 g/mol. The highest BCUT2D eigenvalue weighted by molar-refractivity contribution is 7.80. The van der Waals surface area contributed by atoms with Crippen LogP contribution in [0, 0.1) is 0 Å². The normalized spacial score (nSPS) is 20.6. The number of fused-ring (bicyclic) bond motifs is 1. The maximum Gasteiger partial charge on any atom is 0.341 e. The van der Waals surface area contributed by atoms with Crippen molar-refractivity contribution in [3.05, 3.63) is 16.0 Å². The number of aryl methyl sites for hydroxylation is 1. The second-order valence-corrected chi connectivity index (χ2v) is 8.45. The lowest BCUT2D eigenvalue weighted by atomic mass is 10.0. The molecule has 1 saturated heterocycles. The van der Waals surface area contributed by atoms with Crippen LogP contribution in [-0.4, -0.2) is 35.2 Å². The van der Waals surface area contributed by atoms with Crippen LogP contribution in [0.4, 0.5) is 5.00 Å². The standard InChI is InChI=1S/C19H28N2O2S2/c1-3-23-18(22)16-14-10-5-4-6-11-15(14)25-17(16)20-19(24)21-12-8-7-9-13(21)2/h13H,3-12H2,1-2H3,(H,20,24)/t13-/m0/s1. The molecule has 1 fully saturated rings. The summed E-state index contributed by atoms with van der Waals surface area (Å²) < 4.78 is 5.35. The van der Waals surface area contributed by atoms with Gasteiger partial charge in [0.25, 0.3) is 0 Å². The topological polar surface area (TPSA) is 41.6 Å². The molecule has 25 heavy (non-hydrogen) atoms. The van der Waals surface area contributed by atoms with Crippen LogP contribution in [0.1, 0.15) is 73.2 Å². The summed E-state index contributed by atoms with van der Waals surface area (Å²) in [6, 6.07) is 0.456. The maximum atomic E-state index is 12.6. The number of piperidine rings is 1. The van der Waals surface area contributed by atoms with Crippen molar-refractivity contribution in [2.75, 3.05) is 18.5 Å². The van der Waals surface area contributed by atoms with Gasteiger partial charge in [0, 0.05) is 17.5 Å². The van der Waals surface area contributed by atoms with Crippen LogP contribution < -0.4 is 5.32 Å². The number of thiocarbonyl (C=S) groups is 1. The van der Waals surface area contributed by atoms with Gasteiger partial charge in [0.2, 0.25) is 0 Å². The average molecular weight is 381 g/mol. The smallest absolute Gasteiger partial charge is 0.341 e. The van der Waals surface area contributed by atoms with E-state index in [0.717, 1.165) is 41.5 Å². The van der Waals surface area contributed by atoms with Crippen molar-refractivity contribution in [2.24, 2.45) is 0 Å². The number of esters is 1. The molecule has 0 saturated carbocycles. The summed E-state index contributed by atoms with van der Waals surface area (Å²) >= 11 is 7.38. The SMILES string of the molecule is CCOC(=O)c1c(NC(=S)N2CCCC[C@@H]2C)sc2c1CCCCC2. The number of hydrogen-bond acceptors (Lipinski definition) is 4. The van der Waals surface area contributed by atoms with Gasteiger partial charge in [-0.2, -0.15) is 0 Å². The number of carbonyl (C=O) groups is 1. The first-order valence-corrected chi connectivity index (χ1v) is 10.7. The molecular weight excluding hydrogens is 352 g/mol. The van der Waals surface area contributed by atoms with E-state index in [9.17, 15) is 4.79 Å². The van der Waals surface area contributed by atoms with Crippen molar-refractivity contribution < 1.29 is 9.53 Å². The molecule has 0 radical (unpaired) electrons. The Morgan fingerprint density at radius 2 is 2.08 bits per heavy atom. The van der Waals surface area contributed by atoms with Gasteiger partial charge in [0.05, 0.1) is 12.2 Å². The summed E-state index contributed by atoms with van der Waals surface area (Å²) in [6.45, 7) is 5.47. The second-order valence-electron chi connectivity index (χ2n) is 6.96. The van der Waals surface area contributed by atoms with Gasteiger partial charge in [-0.05, 0) is 76.6 Å². The minimum Gasteiger partial charge on any atom is -0.462 e. The zero-order valence-electron chi connectivity index (χ0n) is 15.2. The van der Waals surface area contributed by atoms with Crippen LogP contribution in [0.25, 0.3) is 0 Å². The molecule has 0 unspecified atom stereocenters. The van der Waals surface area contributed by atoms with E-state index in [-0.39, 0.29) is 5.97 Å². The molecule has 6 heteroatoms. The van der Waals surface area contributed by atoms with Crippen molar-refractivity contribution in [1.82, 2.24) is 4.90 Å². The predicted octanol–water partition coefficient (Wildman–Crippen LogP) is 4.76. The average Bonchev–Trinajstić information content (AvgIpc) is 2.76. The summed E-state index contributed by atoms with van der Waals surface area (Å²) in [6.07, 6.45) is 9.21. The third-order valence-corrected chi connectivity index (χ3v) is 6.73. The number of nitrogens with zero attached hydrogens (tertiary/aromatic N) is 1. The van der Waals surface area contributed by atoms with E-state index < -0.39 is 0 Å². The van der Waals surface area contributed by atoms with Gasteiger partial charge in [-0.15, -0.1) is 11.3 Å². The largest absolute Gasteiger partial charge is 0.462 e. The van der Waals surface area contributed by atoms with E-state index in [1.807, 2.05) is 6.92 Å². The molecular formula is C19H28N2O2S2. The summed E-state index contributed by atoms with van der Waals surface area (Å²) in [5.74, 6) is -0.209. The van der Waals surface area contributed by atoms with Gasteiger partial charge < -0.3 is 15.0 Å². The van der Waals surface area contributed by atoms with Crippen LogP contribution in [0.3, 0.4) is 0 Å². The molecule has 0 amide bonds. The number of likely N-dealkylation sites (tertiary alicyclic amines) is 1. The molecule has 2 aliphatic rings. The van der Waals surface area contributed by atoms with Crippen LogP contribution in [-0.2, 0) is 17.6 Å². The molecule has 4 nitrogen and oxygen atoms in total. The summed E-state index contributed by atoms with van der Waals surface area (Å²) in [4.78, 5) is 16.2. The Balaban J connectivity index is 1.86. The lowest BCUT2D eigenvalue weighted by Gasteiger charge is -2.35. The zero-order valence-corrected chi connectivity index (χ0v) is 16.9. The van der Waals surface area contributed by atoms with Crippen molar-refractivity contribution in [1.29, 1.82) is 0 Å². The predicted molar refractivity (Wildman–Crippen MR) is 108 cm³/mol. The van der Waals surface area contributed by atoms with E-state index in [0.29, 0.717) is 12.6 Å². The fraction of sp³-hybridized carbons (Fsp3) is 0.684. The Kier molecular flexibility index (Phi) is 6.34. The number of thiophene rings is 1. The molecule has 1 N–H and O–H groups in total. The fourth-order valence-corrected chi connectivity index (χ4v) is 5.53. The quantitative estimate of drug-likeness (QED) is 0.465. The highest BCUT2D eigenvalue weighted by Crippen LogP contribution is 2.38. The van der Waals surface area contributed by atoms with E-state index in [1.165, 1.54) is 42.5 Å². The van der Waals surface area contributed by atoms with Gasteiger partial charge in [0.15, 0.2) is 5.11 Å². The highest BCUT2D eigenvalue weighted by atomic mass is 32.1. The summed E-state index contributed by atoms with van der Waals surface area (Å²) in [5.41, 5.74) is 1.92. The van der Waals surface area contributed by atoms with Crippen LogP contribution >= 0.6 is 23.6 Å². The van der Waals surface area contributed by atoms with E-state index >= 15 is 0 Å². The molecule has 1 aliphatic heterocycles. The Hall–Kier alpha value is -1.14. The minimum absolute atomic E-state index is 0.209. The molecule has 1 aromatic heterocycles. The van der Waals surface area contributed by atoms with Crippen molar-refractivity contribution in [3.63, 3.8) is 0 Å². The first-order valence-electron chi connectivity index (χ1n) is 9.51. The van der Waals surface area contributed by atoms with Crippen molar-refractivity contribution >= 4 is 39.6 Å². The van der Waals surface area contributed by atoms with Gasteiger partial charge in [0.1, 0.15) is 5.00 Å². The minimum atomic E-state index is -0.209. The van der Waals surface area contributed by atoms with Gasteiger partial charge >= 0.3 is 5.97 Å². The van der Waals surface area contributed by atoms with E-state index in [4.69, 9.17) is 17.0 Å². The number of anilines is 1. The molecule has 2 heterocycles. The number of carbonyl (C=O) groups excluding carboxylic acids is 1. The van der Waals surface area contributed by atoms with E-state index in [2.05, 4.69) is 17.1 Å². The molecule has 1 aliphatic carbocycles. The third-order valence-electron chi connectivity index (χ3n) is 5.19. The number of ether oxygens (including phenoxy) is 1. The Bertz CT molecular complexity index is 642. The van der Waals surface area contributed by atoms with Crippen LogP contribution in [0.15, 0.2) is 0 Å². The number of hydrogen-bond donors (Lipinski definition) is 1. The second kappa shape index (κ2) is 8.49. The van der Waals surface area contributed by atoms with Gasteiger partial charge in [-0.1, -0.05) is 6.42 Å².